The number of amides is 2. The summed E-state index contributed by atoms with van der Waals surface area (Å²) in [5.41, 5.74) is 3.26. The van der Waals surface area contributed by atoms with Gasteiger partial charge >= 0.3 is 0 Å². The van der Waals surface area contributed by atoms with E-state index in [0.717, 1.165) is 40.2 Å². The first kappa shape index (κ1) is 20.4. The van der Waals surface area contributed by atoms with Gasteiger partial charge in [-0.15, -0.1) is 11.3 Å². The van der Waals surface area contributed by atoms with Crippen molar-refractivity contribution in [3.8, 4) is 5.75 Å². The highest BCUT2D eigenvalue weighted by Gasteiger charge is 2.24. The lowest BCUT2D eigenvalue weighted by Gasteiger charge is -2.32. The summed E-state index contributed by atoms with van der Waals surface area (Å²) in [7, 11) is 0. The van der Waals surface area contributed by atoms with Gasteiger partial charge in [0.1, 0.15) is 5.75 Å². The zero-order valence-corrected chi connectivity index (χ0v) is 17.6. The monoisotopic (exact) mass is 400 g/mol. The number of nitrogens with one attached hydrogen (secondary N) is 1. The van der Waals surface area contributed by atoms with Gasteiger partial charge in [-0.1, -0.05) is 18.2 Å². The maximum atomic E-state index is 12.4. The molecule has 6 heteroatoms. The van der Waals surface area contributed by atoms with E-state index in [0.29, 0.717) is 19.5 Å². The second-order valence-electron chi connectivity index (χ2n) is 7.42. The molecule has 2 heterocycles. The minimum absolute atomic E-state index is 0.0165. The van der Waals surface area contributed by atoms with Gasteiger partial charge in [-0.05, 0) is 61.7 Å². The summed E-state index contributed by atoms with van der Waals surface area (Å²) >= 11 is 1.61. The van der Waals surface area contributed by atoms with E-state index in [1.54, 1.807) is 11.3 Å². The minimum Gasteiger partial charge on any atom is -0.483 e. The van der Waals surface area contributed by atoms with Gasteiger partial charge < -0.3 is 15.0 Å². The molecule has 2 amide bonds. The average Bonchev–Trinajstić information content (AvgIpc) is 3.18. The number of piperidine rings is 1. The Hall–Kier alpha value is -2.34. The van der Waals surface area contributed by atoms with Crippen molar-refractivity contribution in [1.29, 1.82) is 0 Å². The van der Waals surface area contributed by atoms with Crippen molar-refractivity contribution >= 4 is 23.2 Å². The van der Waals surface area contributed by atoms with Crippen molar-refractivity contribution < 1.29 is 14.3 Å². The van der Waals surface area contributed by atoms with E-state index < -0.39 is 0 Å². The minimum atomic E-state index is -0.108. The van der Waals surface area contributed by atoms with Crippen molar-refractivity contribution in [2.75, 3.05) is 19.7 Å². The van der Waals surface area contributed by atoms with Crippen LogP contribution in [0.5, 0.6) is 5.75 Å². The molecule has 5 nitrogen and oxygen atoms in total. The molecule has 28 heavy (non-hydrogen) atoms. The third-order valence-electron chi connectivity index (χ3n) is 5.34. The molecular formula is C22H28N2O3S. The topological polar surface area (TPSA) is 58.6 Å². The van der Waals surface area contributed by atoms with Gasteiger partial charge in [-0.3, -0.25) is 9.59 Å². The lowest BCUT2D eigenvalue weighted by atomic mass is 10.0. The number of carbonyl (C=O) groups is 2. The van der Waals surface area contributed by atoms with E-state index in [4.69, 9.17) is 4.74 Å². The molecule has 0 spiro atoms. The molecule has 1 N–H and O–H groups in total. The number of ether oxygens (including phenoxy) is 1. The van der Waals surface area contributed by atoms with Gasteiger partial charge in [0, 0.05) is 24.0 Å². The maximum absolute atomic E-state index is 12.4. The first-order chi connectivity index (χ1) is 13.4. The summed E-state index contributed by atoms with van der Waals surface area (Å²) in [5, 5.41) is 5.04. The number of nitrogens with zero attached hydrogens (tertiary/aromatic N) is 1. The predicted molar refractivity (Wildman–Crippen MR) is 112 cm³/mol. The standard InChI is InChI=1S/C22H28N2O3S/c1-15-6-7-16(2)22(17(15)3)27-14-20(25)23-18-8-10-24(11-9-18)21(26)13-19-5-4-12-28-19/h4-7,12,18H,8-11,13-14H2,1-3H3,(H,23,25). The molecular weight excluding hydrogens is 372 g/mol. The summed E-state index contributed by atoms with van der Waals surface area (Å²) < 4.78 is 5.79. The number of benzene rings is 1. The van der Waals surface area contributed by atoms with E-state index in [9.17, 15) is 9.59 Å². The quantitative estimate of drug-likeness (QED) is 0.808. The molecule has 0 aliphatic carbocycles. The molecule has 1 saturated heterocycles. The number of carbonyl (C=O) groups excluding carboxylic acids is 2. The van der Waals surface area contributed by atoms with Crippen LogP contribution in [0.2, 0.25) is 0 Å². The van der Waals surface area contributed by atoms with E-state index in [-0.39, 0.29) is 24.5 Å². The Kier molecular flexibility index (Phi) is 6.73. The van der Waals surface area contributed by atoms with Crippen LogP contribution in [0.1, 0.15) is 34.4 Å². The molecule has 150 valence electrons. The molecule has 3 rings (SSSR count). The van der Waals surface area contributed by atoms with Crippen molar-refractivity contribution in [3.05, 3.63) is 51.2 Å². The van der Waals surface area contributed by atoms with Crippen molar-refractivity contribution in [3.63, 3.8) is 0 Å². The van der Waals surface area contributed by atoms with Crippen LogP contribution in [0, 0.1) is 20.8 Å². The normalized spacial score (nSPS) is 14.8. The number of aryl methyl sites for hydroxylation is 2. The van der Waals surface area contributed by atoms with Gasteiger partial charge in [0.05, 0.1) is 6.42 Å². The van der Waals surface area contributed by atoms with Crippen LogP contribution in [-0.2, 0) is 16.0 Å². The SMILES string of the molecule is Cc1ccc(C)c(OCC(=O)NC2CCN(C(=O)Cc3cccs3)CC2)c1C. The molecule has 0 saturated carbocycles. The highest BCUT2D eigenvalue weighted by molar-refractivity contribution is 7.10. The summed E-state index contributed by atoms with van der Waals surface area (Å²) in [6.07, 6.45) is 2.03. The fraction of sp³-hybridized carbons (Fsp3) is 0.455. The molecule has 1 fully saturated rings. The van der Waals surface area contributed by atoms with Crippen LogP contribution >= 0.6 is 11.3 Å². The van der Waals surface area contributed by atoms with Gasteiger partial charge in [-0.2, -0.15) is 0 Å². The molecule has 1 aromatic heterocycles. The zero-order valence-electron chi connectivity index (χ0n) is 16.8. The maximum Gasteiger partial charge on any atom is 0.258 e. The number of hydrogen-bond donors (Lipinski definition) is 1. The highest BCUT2D eigenvalue weighted by Crippen LogP contribution is 2.25. The molecule has 0 radical (unpaired) electrons. The second-order valence-corrected chi connectivity index (χ2v) is 8.45. The van der Waals surface area contributed by atoms with Crippen LogP contribution in [-0.4, -0.2) is 42.5 Å². The van der Waals surface area contributed by atoms with Crippen LogP contribution in [0.25, 0.3) is 0 Å². The lowest BCUT2D eigenvalue weighted by molar-refractivity contribution is -0.131. The van der Waals surface area contributed by atoms with Crippen molar-refractivity contribution in [1.82, 2.24) is 10.2 Å². The number of rotatable bonds is 6. The van der Waals surface area contributed by atoms with Crippen molar-refractivity contribution in [2.45, 2.75) is 46.1 Å². The summed E-state index contributed by atoms with van der Waals surface area (Å²) in [4.78, 5) is 27.7. The van der Waals surface area contributed by atoms with E-state index in [1.165, 1.54) is 0 Å². The van der Waals surface area contributed by atoms with Crippen molar-refractivity contribution in [2.24, 2.45) is 0 Å². The first-order valence-corrected chi connectivity index (χ1v) is 10.6. The Labute approximate surface area is 170 Å². The number of thiophene rings is 1. The zero-order chi connectivity index (χ0) is 20.1. The molecule has 0 bridgehead atoms. The smallest absolute Gasteiger partial charge is 0.258 e. The highest BCUT2D eigenvalue weighted by atomic mass is 32.1. The Morgan fingerprint density at radius 2 is 1.86 bits per heavy atom. The Morgan fingerprint density at radius 1 is 1.14 bits per heavy atom. The third kappa shape index (κ3) is 5.13. The number of hydrogen-bond acceptors (Lipinski definition) is 4. The van der Waals surface area contributed by atoms with Gasteiger partial charge in [0.25, 0.3) is 5.91 Å². The fourth-order valence-electron chi connectivity index (χ4n) is 3.50. The molecule has 1 aromatic carbocycles. The fourth-order valence-corrected chi connectivity index (χ4v) is 4.20. The Bertz CT molecular complexity index is 825. The van der Waals surface area contributed by atoms with Gasteiger partial charge in [0.2, 0.25) is 5.91 Å². The van der Waals surface area contributed by atoms with Crippen LogP contribution in [0.15, 0.2) is 29.6 Å². The van der Waals surface area contributed by atoms with E-state index >= 15 is 0 Å². The molecule has 2 aromatic rings. The van der Waals surface area contributed by atoms with E-state index in [1.807, 2.05) is 49.3 Å². The number of likely N-dealkylation sites (tertiary alicyclic amines) is 1. The van der Waals surface area contributed by atoms with Crippen LogP contribution in [0.4, 0.5) is 0 Å². The third-order valence-corrected chi connectivity index (χ3v) is 6.22. The average molecular weight is 401 g/mol. The first-order valence-electron chi connectivity index (χ1n) is 9.73. The Morgan fingerprint density at radius 3 is 2.54 bits per heavy atom. The molecule has 0 unspecified atom stereocenters. The van der Waals surface area contributed by atoms with Gasteiger partial charge in [0.15, 0.2) is 6.61 Å². The summed E-state index contributed by atoms with van der Waals surface area (Å²) in [6.45, 7) is 7.43. The second kappa shape index (κ2) is 9.24. The Balaban J connectivity index is 1.43. The van der Waals surface area contributed by atoms with E-state index in [2.05, 4.69) is 11.4 Å². The largest absolute Gasteiger partial charge is 0.483 e. The predicted octanol–water partition coefficient (Wildman–Crippen LogP) is 3.40. The summed E-state index contributed by atoms with van der Waals surface area (Å²) in [6, 6.07) is 8.13. The van der Waals surface area contributed by atoms with Crippen LogP contribution < -0.4 is 10.1 Å². The lowest BCUT2D eigenvalue weighted by Crippen LogP contribution is -2.47. The molecule has 0 atom stereocenters. The molecule has 1 aliphatic heterocycles. The van der Waals surface area contributed by atoms with Crippen LogP contribution in [0.3, 0.4) is 0 Å². The van der Waals surface area contributed by atoms with Gasteiger partial charge in [-0.25, -0.2) is 0 Å². The molecule has 1 aliphatic rings. The summed E-state index contributed by atoms with van der Waals surface area (Å²) in [5.74, 6) is 0.855.